The SMILES string of the molecule is Cc1cccc(C2CC(=O)C=C(c3ccc(-c4ccccc4)cc3)C2)c1. The molecule has 128 valence electrons. The lowest BCUT2D eigenvalue weighted by Crippen LogP contribution is -2.12. The van der Waals surface area contributed by atoms with Crippen LogP contribution in [0.4, 0.5) is 0 Å². The number of carbonyl (C=O) groups excluding carboxylic acids is 1. The minimum atomic E-state index is 0.227. The average Bonchev–Trinajstić information content (AvgIpc) is 2.68. The zero-order valence-electron chi connectivity index (χ0n) is 15.0. The van der Waals surface area contributed by atoms with E-state index in [1.54, 1.807) is 0 Å². The molecule has 1 atom stereocenters. The Kier molecular flexibility index (Phi) is 4.53. The van der Waals surface area contributed by atoms with Gasteiger partial charge >= 0.3 is 0 Å². The second kappa shape index (κ2) is 7.13. The Morgan fingerprint density at radius 2 is 1.42 bits per heavy atom. The van der Waals surface area contributed by atoms with Crippen molar-refractivity contribution in [2.45, 2.75) is 25.7 Å². The van der Waals surface area contributed by atoms with Crippen LogP contribution in [0.3, 0.4) is 0 Å². The lowest BCUT2D eigenvalue weighted by Gasteiger charge is -2.23. The highest BCUT2D eigenvalue weighted by molar-refractivity contribution is 5.99. The number of carbonyl (C=O) groups is 1. The van der Waals surface area contributed by atoms with Crippen LogP contribution in [-0.4, -0.2) is 5.78 Å². The first-order chi connectivity index (χ1) is 12.7. The van der Waals surface area contributed by atoms with Crippen LogP contribution < -0.4 is 0 Å². The van der Waals surface area contributed by atoms with Gasteiger partial charge in [0, 0.05) is 6.42 Å². The quantitative estimate of drug-likeness (QED) is 0.556. The third-order valence-electron chi connectivity index (χ3n) is 5.13. The molecule has 1 nitrogen and oxygen atoms in total. The number of ketones is 1. The van der Waals surface area contributed by atoms with Crippen molar-refractivity contribution in [1.29, 1.82) is 0 Å². The first-order valence-corrected chi connectivity index (χ1v) is 9.15. The monoisotopic (exact) mass is 338 g/mol. The fraction of sp³-hybridized carbons (Fsp3) is 0.160. The highest BCUT2D eigenvalue weighted by Crippen LogP contribution is 2.36. The lowest BCUT2D eigenvalue weighted by atomic mass is 9.80. The second-order valence-corrected chi connectivity index (χ2v) is 7.10. The summed E-state index contributed by atoms with van der Waals surface area (Å²) in [5, 5.41) is 0. The van der Waals surface area contributed by atoms with Gasteiger partial charge in [0.15, 0.2) is 5.78 Å². The maximum atomic E-state index is 12.3. The van der Waals surface area contributed by atoms with Crippen LogP contribution in [0.15, 0.2) is 84.9 Å². The predicted molar refractivity (Wildman–Crippen MR) is 108 cm³/mol. The summed E-state index contributed by atoms with van der Waals surface area (Å²) in [6.07, 6.45) is 3.36. The first kappa shape index (κ1) is 16.5. The molecule has 1 aliphatic rings. The molecule has 3 aromatic carbocycles. The van der Waals surface area contributed by atoms with Crippen molar-refractivity contribution in [3.05, 3.63) is 102 Å². The van der Waals surface area contributed by atoms with Gasteiger partial charge in [-0.2, -0.15) is 0 Å². The van der Waals surface area contributed by atoms with Crippen LogP contribution in [0, 0.1) is 6.92 Å². The summed E-state index contributed by atoms with van der Waals surface area (Å²) >= 11 is 0. The fourth-order valence-corrected chi connectivity index (χ4v) is 3.76. The number of rotatable bonds is 3. The van der Waals surface area contributed by atoms with Crippen LogP contribution >= 0.6 is 0 Å². The maximum absolute atomic E-state index is 12.3. The molecule has 26 heavy (non-hydrogen) atoms. The van der Waals surface area contributed by atoms with Gasteiger partial charge in [0.25, 0.3) is 0 Å². The molecule has 0 spiro atoms. The highest BCUT2D eigenvalue weighted by atomic mass is 16.1. The Labute approximate surface area is 155 Å². The van der Waals surface area contributed by atoms with Gasteiger partial charge in [-0.1, -0.05) is 84.4 Å². The first-order valence-electron chi connectivity index (χ1n) is 9.15. The zero-order chi connectivity index (χ0) is 17.9. The summed E-state index contributed by atoms with van der Waals surface area (Å²) in [5.41, 5.74) is 7.23. The number of aryl methyl sites for hydroxylation is 1. The van der Waals surface area contributed by atoms with Gasteiger partial charge in [-0.25, -0.2) is 0 Å². The van der Waals surface area contributed by atoms with Crippen molar-refractivity contribution in [2.75, 3.05) is 0 Å². The summed E-state index contributed by atoms with van der Waals surface area (Å²) < 4.78 is 0. The normalized spacial score (nSPS) is 17.0. The number of benzene rings is 3. The smallest absolute Gasteiger partial charge is 0.156 e. The van der Waals surface area contributed by atoms with E-state index in [0.29, 0.717) is 6.42 Å². The number of allylic oxidation sites excluding steroid dienone is 2. The summed E-state index contributed by atoms with van der Waals surface area (Å²) in [6.45, 7) is 2.10. The molecular weight excluding hydrogens is 316 g/mol. The van der Waals surface area contributed by atoms with Crippen LogP contribution in [-0.2, 0) is 4.79 Å². The molecule has 3 aromatic rings. The molecule has 1 unspecified atom stereocenters. The highest BCUT2D eigenvalue weighted by Gasteiger charge is 2.23. The molecule has 0 bridgehead atoms. The van der Waals surface area contributed by atoms with Crippen molar-refractivity contribution in [2.24, 2.45) is 0 Å². The van der Waals surface area contributed by atoms with Crippen molar-refractivity contribution >= 4 is 11.4 Å². The molecule has 1 heteroatoms. The maximum Gasteiger partial charge on any atom is 0.156 e. The topological polar surface area (TPSA) is 17.1 Å². The van der Waals surface area contributed by atoms with Gasteiger partial charge in [0.1, 0.15) is 0 Å². The third kappa shape index (κ3) is 3.52. The van der Waals surface area contributed by atoms with E-state index in [-0.39, 0.29) is 11.7 Å². The van der Waals surface area contributed by atoms with E-state index in [0.717, 1.165) is 17.6 Å². The molecule has 0 heterocycles. The van der Waals surface area contributed by atoms with Gasteiger partial charge in [0.05, 0.1) is 0 Å². The van der Waals surface area contributed by atoms with Gasteiger partial charge in [-0.15, -0.1) is 0 Å². The van der Waals surface area contributed by atoms with Crippen LogP contribution in [0.1, 0.15) is 35.4 Å². The second-order valence-electron chi connectivity index (χ2n) is 7.10. The van der Waals surface area contributed by atoms with E-state index in [4.69, 9.17) is 0 Å². The molecule has 4 rings (SSSR count). The minimum absolute atomic E-state index is 0.227. The van der Waals surface area contributed by atoms with E-state index in [2.05, 4.69) is 79.7 Å². The molecule has 0 radical (unpaired) electrons. The summed E-state index contributed by atoms with van der Waals surface area (Å²) in [7, 11) is 0. The van der Waals surface area contributed by atoms with Crippen LogP contribution in [0.5, 0.6) is 0 Å². The van der Waals surface area contributed by atoms with E-state index in [9.17, 15) is 4.79 Å². The Balaban J connectivity index is 1.60. The molecule has 0 amide bonds. The van der Waals surface area contributed by atoms with Crippen molar-refractivity contribution < 1.29 is 4.79 Å². The lowest BCUT2D eigenvalue weighted by molar-refractivity contribution is -0.115. The Hall–Kier alpha value is -2.93. The van der Waals surface area contributed by atoms with Gasteiger partial charge in [-0.05, 0) is 53.2 Å². The number of hydrogen-bond donors (Lipinski definition) is 0. The molecule has 0 aromatic heterocycles. The third-order valence-corrected chi connectivity index (χ3v) is 5.13. The van der Waals surface area contributed by atoms with E-state index >= 15 is 0 Å². The van der Waals surface area contributed by atoms with E-state index in [1.807, 2.05) is 12.1 Å². The largest absolute Gasteiger partial charge is 0.295 e. The van der Waals surface area contributed by atoms with Crippen molar-refractivity contribution in [3.8, 4) is 11.1 Å². The predicted octanol–water partition coefficient (Wildman–Crippen LogP) is 6.19. The van der Waals surface area contributed by atoms with Crippen molar-refractivity contribution in [3.63, 3.8) is 0 Å². The molecule has 0 saturated heterocycles. The van der Waals surface area contributed by atoms with E-state index < -0.39 is 0 Å². The Bertz CT molecular complexity index is 949. The standard InChI is InChI=1S/C25H22O/c1-18-6-5-9-22(14-18)24-15-23(16-25(26)17-24)21-12-10-20(11-13-21)19-7-3-2-4-8-19/h2-14,16,24H,15,17H2,1H3. The van der Waals surface area contributed by atoms with E-state index in [1.165, 1.54) is 22.3 Å². The molecule has 0 N–H and O–H groups in total. The van der Waals surface area contributed by atoms with Crippen molar-refractivity contribution in [1.82, 2.24) is 0 Å². The van der Waals surface area contributed by atoms with Crippen LogP contribution in [0.25, 0.3) is 16.7 Å². The summed E-state index contributed by atoms with van der Waals surface area (Å²) in [4.78, 5) is 12.3. The fourth-order valence-electron chi connectivity index (χ4n) is 3.76. The number of hydrogen-bond acceptors (Lipinski definition) is 1. The molecular formula is C25H22O. The van der Waals surface area contributed by atoms with Gasteiger partial charge < -0.3 is 0 Å². The summed E-state index contributed by atoms with van der Waals surface area (Å²) in [5.74, 6) is 0.501. The summed E-state index contributed by atoms with van der Waals surface area (Å²) in [6, 6.07) is 27.5. The molecule has 0 saturated carbocycles. The van der Waals surface area contributed by atoms with Gasteiger partial charge in [0.2, 0.25) is 0 Å². The van der Waals surface area contributed by atoms with Gasteiger partial charge in [-0.3, -0.25) is 4.79 Å². The zero-order valence-corrected chi connectivity index (χ0v) is 15.0. The average molecular weight is 338 g/mol. The van der Waals surface area contributed by atoms with Crippen LogP contribution in [0.2, 0.25) is 0 Å². The minimum Gasteiger partial charge on any atom is -0.295 e. The molecule has 1 aliphatic carbocycles. The Morgan fingerprint density at radius 1 is 0.731 bits per heavy atom. The Morgan fingerprint density at radius 3 is 2.15 bits per heavy atom. The molecule has 0 aliphatic heterocycles. The molecule has 0 fully saturated rings.